The number of benzene rings is 1. The van der Waals surface area contributed by atoms with E-state index in [2.05, 4.69) is 10.1 Å². The number of carbonyl (C=O) groups is 2. The third-order valence-electron chi connectivity index (χ3n) is 4.19. The Balaban J connectivity index is 1.79. The molecule has 1 atom stereocenters. The Labute approximate surface area is 145 Å². The fourth-order valence-electron chi connectivity index (χ4n) is 2.74. The molecule has 1 saturated heterocycles. The molecule has 10 heteroatoms. The second kappa shape index (κ2) is 6.52. The van der Waals surface area contributed by atoms with E-state index >= 15 is 0 Å². The summed E-state index contributed by atoms with van der Waals surface area (Å²) < 4.78 is 37.0. The summed E-state index contributed by atoms with van der Waals surface area (Å²) in [4.78, 5) is 24.7. The summed E-state index contributed by atoms with van der Waals surface area (Å²) in [5.41, 5.74) is 0.331. The lowest BCUT2D eigenvalue weighted by Crippen LogP contribution is -2.50. The smallest absolute Gasteiger partial charge is 0.409 e. The quantitative estimate of drug-likeness (QED) is 0.813. The van der Waals surface area contributed by atoms with Crippen molar-refractivity contribution in [2.24, 2.45) is 0 Å². The van der Waals surface area contributed by atoms with E-state index in [0.717, 1.165) is 0 Å². The minimum absolute atomic E-state index is 0.0659. The molecule has 0 aliphatic carbocycles. The molecule has 0 saturated carbocycles. The molecular formula is C15H19N3O6S. The molecule has 1 aromatic carbocycles. The first-order valence-electron chi connectivity index (χ1n) is 7.77. The topological polar surface area (TPSA) is 105 Å². The summed E-state index contributed by atoms with van der Waals surface area (Å²) in [6, 6.07) is 4.37. The van der Waals surface area contributed by atoms with E-state index < -0.39 is 22.2 Å². The van der Waals surface area contributed by atoms with Crippen LogP contribution in [0.2, 0.25) is 0 Å². The van der Waals surface area contributed by atoms with Gasteiger partial charge in [0.25, 0.3) is 5.91 Å². The predicted molar refractivity (Wildman–Crippen MR) is 87.9 cm³/mol. The van der Waals surface area contributed by atoms with Gasteiger partial charge in [-0.1, -0.05) is 0 Å². The molecule has 1 unspecified atom stereocenters. The lowest BCUT2D eigenvalue weighted by Gasteiger charge is -2.33. The van der Waals surface area contributed by atoms with Gasteiger partial charge in [0.05, 0.1) is 17.7 Å². The van der Waals surface area contributed by atoms with Crippen LogP contribution in [-0.2, 0) is 19.6 Å². The minimum atomic E-state index is -3.73. The summed E-state index contributed by atoms with van der Waals surface area (Å²) in [6.07, 6.45) is -1.10. The van der Waals surface area contributed by atoms with Crippen LogP contribution in [0.4, 0.5) is 10.5 Å². The maximum absolute atomic E-state index is 12.8. The zero-order valence-corrected chi connectivity index (χ0v) is 14.7. The lowest BCUT2D eigenvalue weighted by atomic mass is 10.2. The van der Waals surface area contributed by atoms with Crippen molar-refractivity contribution in [2.75, 3.05) is 38.6 Å². The van der Waals surface area contributed by atoms with Gasteiger partial charge in [0, 0.05) is 26.2 Å². The Kier molecular flexibility index (Phi) is 4.56. The van der Waals surface area contributed by atoms with Crippen LogP contribution in [0.5, 0.6) is 5.75 Å². The van der Waals surface area contributed by atoms with Gasteiger partial charge in [-0.2, -0.15) is 4.31 Å². The van der Waals surface area contributed by atoms with Gasteiger partial charge in [-0.15, -0.1) is 0 Å². The molecule has 3 rings (SSSR count). The van der Waals surface area contributed by atoms with Gasteiger partial charge in [0.1, 0.15) is 5.75 Å². The van der Waals surface area contributed by atoms with Gasteiger partial charge >= 0.3 is 6.09 Å². The van der Waals surface area contributed by atoms with Crippen molar-refractivity contribution in [2.45, 2.75) is 17.9 Å². The van der Waals surface area contributed by atoms with Crippen LogP contribution in [0.25, 0.3) is 0 Å². The van der Waals surface area contributed by atoms with E-state index in [1.165, 1.54) is 34.5 Å². The second-order valence-electron chi connectivity index (χ2n) is 5.77. The molecule has 1 fully saturated rings. The highest BCUT2D eigenvalue weighted by Crippen LogP contribution is 2.32. The second-order valence-corrected chi connectivity index (χ2v) is 7.71. The number of hydrogen-bond acceptors (Lipinski definition) is 6. The van der Waals surface area contributed by atoms with Gasteiger partial charge in [0.15, 0.2) is 6.10 Å². The maximum atomic E-state index is 12.8. The van der Waals surface area contributed by atoms with E-state index in [4.69, 9.17) is 4.74 Å². The standard InChI is InChI=1S/C15H19N3O6S/c1-10-14(19)16-12-9-11(3-4-13(12)24-10)25(21,22)18-7-5-17(6-8-18)15(20)23-2/h3-4,9-10H,5-8H2,1-2H3,(H,16,19). The summed E-state index contributed by atoms with van der Waals surface area (Å²) in [5, 5.41) is 2.64. The number of amides is 2. The molecule has 25 heavy (non-hydrogen) atoms. The van der Waals surface area contributed by atoms with Crippen LogP contribution >= 0.6 is 0 Å². The SMILES string of the molecule is COC(=O)N1CCN(S(=O)(=O)c2ccc3c(c2)NC(=O)C(C)O3)CC1. The molecule has 0 spiro atoms. The number of piperazine rings is 1. The monoisotopic (exact) mass is 369 g/mol. The zero-order chi connectivity index (χ0) is 18.2. The summed E-state index contributed by atoms with van der Waals surface area (Å²) in [7, 11) is -2.45. The molecule has 136 valence electrons. The molecule has 1 N–H and O–H groups in total. The molecule has 2 aliphatic rings. The number of rotatable bonds is 2. The number of anilines is 1. The first-order chi connectivity index (χ1) is 11.8. The van der Waals surface area contributed by atoms with Crippen LogP contribution < -0.4 is 10.1 Å². The highest BCUT2D eigenvalue weighted by atomic mass is 32.2. The summed E-state index contributed by atoms with van der Waals surface area (Å²) >= 11 is 0. The molecule has 9 nitrogen and oxygen atoms in total. The molecule has 0 radical (unpaired) electrons. The average Bonchev–Trinajstić information content (AvgIpc) is 2.61. The Morgan fingerprint density at radius 3 is 2.60 bits per heavy atom. The lowest BCUT2D eigenvalue weighted by molar-refractivity contribution is -0.122. The van der Waals surface area contributed by atoms with Gasteiger partial charge in [0.2, 0.25) is 10.0 Å². The van der Waals surface area contributed by atoms with Crippen molar-refractivity contribution in [3.8, 4) is 5.75 Å². The number of ether oxygens (including phenoxy) is 2. The highest BCUT2D eigenvalue weighted by Gasteiger charge is 2.32. The number of nitrogens with one attached hydrogen (secondary N) is 1. The number of sulfonamides is 1. The summed E-state index contributed by atoms with van der Waals surface area (Å²) in [5.74, 6) is 0.107. The van der Waals surface area contributed by atoms with Crippen molar-refractivity contribution < 1.29 is 27.5 Å². The molecule has 1 aromatic rings. The van der Waals surface area contributed by atoms with Crippen LogP contribution in [0, 0.1) is 0 Å². The largest absolute Gasteiger partial charge is 0.479 e. The van der Waals surface area contributed by atoms with Gasteiger partial charge in [-0.3, -0.25) is 4.79 Å². The van der Waals surface area contributed by atoms with Crippen molar-refractivity contribution in [3.63, 3.8) is 0 Å². The number of hydrogen-bond donors (Lipinski definition) is 1. The number of methoxy groups -OCH3 is 1. The Bertz CT molecular complexity index is 801. The minimum Gasteiger partial charge on any atom is -0.479 e. The molecule has 2 aliphatic heterocycles. The van der Waals surface area contributed by atoms with Crippen LogP contribution in [-0.4, -0.2) is 69.0 Å². The number of fused-ring (bicyclic) bond motifs is 1. The van der Waals surface area contributed by atoms with E-state index in [0.29, 0.717) is 11.4 Å². The Morgan fingerprint density at radius 2 is 1.96 bits per heavy atom. The van der Waals surface area contributed by atoms with E-state index in [9.17, 15) is 18.0 Å². The van der Waals surface area contributed by atoms with Crippen molar-refractivity contribution >= 4 is 27.7 Å². The highest BCUT2D eigenvalue weighted by molar-refractivity contribution is 7.89. The third kappa shape index (κ3) is 3.27. The van der Waals surface area contributed by atoms with Crippen LogP contribution in [0.3, 0.4) is 0 Å². The first kappa shape index (κ1) is 17.5. The number of nitrogens with zero attached hydrogens (tertiary/aromatic N) is 2. The normalized spacial score (nSPS) is 21.1. The maximum Gasteiger partial charge on any atom is 0.409 e. The van der Waals surface area contributed by atoms with Gasteiger partial charge in [-0.05, 0) is 25.1 Å². The molecule has 2 amide bonds. The summed E-state index contributed by atoms with van der Waals surface area (Å²) in [6.45, 7) is 2.48. The molecule has 2 heterocycles. The average molecular weight is 369 g/mol. The van der Waals surface area contributed by atoms with Crippen molar-refractivity contribution in [3.05, 3.63) is 18.2 Å². The van der Waals surface area contributed by atoms with Gasteiger partial charge in [-0.25, -0.2) is 13.2 Å². The molecule has 0 bridgehead atoms. The van der Waals surface area contributed by atoms with E-state index in [1.807, 2.05) is 0 Å². The predicted octanol–water partition coefficient (Wildman–Crippen LogP) is 0.479. The fourth-order valence-corrected chi connectivity index (χ4v) is 4.19. The molecular weight excluding hydrogens is 350 g/mol. The van der Waals surface area contributed by atoms with Crippen molar-refractivity contribution in [1.29, 1.82) is 0 Å². The zero-order valence-electron chi connectivity index (χ0n) is 13.9. The fraction of sp³-hybridized carbons (Fsp3) is 0.467. The van der Waals surface area contributed by atoms with Crippen molar-refractivity contribution in [1.82, 2.24) is 9.21 Å². The first-order valence-corrected chi connectivity index (χ1v) is 9.21. The van der Waals surface area contributed by atoms with Crippen LogP contribution in [0.15, 0.2) is 23.1 Å². The molecule has 0 aromatic heterocycles. The third-order valence-corrected chi connectivity index (χ3v) is 6.09. The number of carbonyl (C=O) groups excluding carboxylic acids is 2. The van der Waals surface area contributed by atoms with Gasteiger partial charge < -0.3 is 19.7 Å². The Hall–Kier alpha value is -2.33. The van der Waals surface area contributed by atoms with Crippen LogP contribution in [0.1, 0.15) is 6.92 Å². The van der Waals surface area contributed by atoms with E-state index in [1.54, 1.807) is 6.92 Å². The van der Waals surface area contributed by atoms with E-state index in [-0.39, 0.29) is 37.0 Å². The Morgan fingerprint density at radius 1 is 1.28 bits per heavy atom.